The summed E-state index contributed by atoms with van der Waals surface area (Å²) in [6.45, 7) is 0.582. The summed E-state index contributed by atoms with van der Waals surface area (Å²) in [5.41, 5.74) is 6.60. The van der Waals surface area contributed by atoms with Crippen LogP contribution in [0.5, 0.6) is 11.5 Å². The lowest BCUT2D eigenvalue weighted by atomic mass is 10.2. The number of aromatic nitrogens is 2. The Labute approximate surface area is 183 Å². The molecular formula is C22H22ClN3O5. The normalized spacial score (nSPS) is 11.7. The molecule has 1 unspecified atom stereocenters. The van der Waals surface area contributed by atoms with Crippen LogP contribution in [0.2, 0.25) is 5.02 Å². The molecule has 8 nitrogen and oxygen atoms in total. The molecule has 0 radical (unpaired) electrons. The van der Waals surface area contributed by atoms with Crippen molar-refractivity contribution in [2.45, 2.75) is 25.5 Å². The zero-order chi connectivity index (χ0) is 22.2. The Kier molecular flexibility index (Phi) is 7.64. The van der Waals surface area contributed by atoms with E-state index < -0.39 is 12.0 Å². The summed E-state index contributed by atoms with van der Waals surface area (Å²) >= 11 is 5.81. The maximum Gasteiger partial charge on any atom is 0.320 e. The number of carbonyl (C=O) groups is 1. The number of hydrogen-bond donors (Lipinski definition) is 2. The van der Waals surface area contributed by atoms with Crippen molar-refractivity contribution in [3.63, 3.8) is 0 Å². The number of hydrogen-bond acceptors (Lipinski definition) is 6. The maximum atomic E-state index is 12.5. The molecule has 1 atom stereocenters. The van der Waals surface area contributed by atoms with E-state index in [2.05, 4.69) is 4.98 Å². The summed E-state index contributed by atoms with van der Waals surface area (Å²) in [5, 5.41) is 9.31. The van der Waals surface area contributed by atoms with Gasteiger partial charge in [-0.1, -0.05) is 11.6 Å². The monoisotopic (exact) mass is 443 g/mol. The second kappa shape index (κ2) is 10.6. The van der Waals surface area contributed by atoms with Crippen molar-refractivity contribution in [2.75, 3.05) is 6.61 Å². The molecule has 31 heavy (non-hydrogen) atoms. The summed E-state index contributed by atoms with van der Waals surface area (Å²) < 4.78 is 12.7. The molecule has 3 rings (SSSR count). The highest BCUT2D eigenvalue weighted by Crippen LogP contribution is 2.16. The van der Waals surface area contributed by atoms with Gasteiger partial charge in [0.1, 0.15) is 24.1 Å². The van der Waals surface area contributed by atoms with Crippen LogP contribution in [0.1, 0.15) is 18.5 Å². The first kappa shape index (κ1) is 22.3. The average Bonchev–Trinajstić information content (AvgIpc) is 2.77. The van der Waals surface area contributed by atoms with Gasteiger partial charge in [-0.3, -0.25) is 19.1 Å². The molecule has 0 bridgehead atoms. The van der Waals surface area contributed by atoms with E-state index in [0.717, 1.165) is 0 Å². The van der Waals surface area contributed by atoms with Crippen molar-refractivity contribution in [1.82, 2.24) is 9.55 Å². The third kappa shape index (κ3) is 6.56. The van der Waals surface area contributed by atoms with Gasteiger partial charge in [-0.25, -0.2) is 0 Å². The molecule has 2 aromatic heterocycles. The zero-order valence-corrected chi connectivity index (χ0v) is 17.4. The number of rotatable bonds is 10. The van der Waals surface area contributed by atoms with E-state index >= 15 is 0 Å². The highest BCUT2D eigenvalue weighted by molar-refractivity contribution is 6.30. The van der Waals surface area contributed by atoms with E-state index in [1.54, 1.807) is 48.7 Å². The molecule has 0 aliphatic carbocycles. The molecule has 0 amide bonds. The molecule has 0 aliphatic rings. The number of pyridine rings is 2. The number of carboxylic acid groups (broad SMARTS) is 1. The predicted molar refractivity (Wildman–Crippen MR) is 116 cm³/mol. The summed E-state index contributed by atoms with van der Waals surface area (Å²) in [6.07, 6.45) is 4.04. The number of carboxylic acids is 1. The first-order chi connectivity index (χ1) is 14.9. The van der Waals surface area contributed by atoms with E-state index in [0.29, 0.717) is 47.4 Å². The van der Waals surface area contributed by atoms with E-state index in [4.69, 9.17) is 31.9 Å². The van der Waals surface area contributed by atoms with Crippen molar-refractivity contribution < 1.29 is 19.4 Å². The Morgan fingerprint density at radius 1 is 1.13 bits per heavy atom. The minimum absolute atomic E-state index is 0.226. The summed E-state index contributed by atoms with van der Waals surface area (Å²) in [6, 6.07) is 12.7. The second-order valence-corrected chi connectivity index (χ2v) is 7.19. The average molecular weight is 444 g/mol. The van der Waals surface area contributed by atoms with Crippen LogP contribution in [0, 0.1) is 0 Å². The highest BCUT2D eigenvalue weighted by atomic mass is 35.5. The molecule has 2 heterocycles. The number of aliphatic carboxylic acids is 1. The molecule has 162 valence electrons. The molecule has 0 fully saturated rings. The maximum absolute atomic E-state index is 12.5. The van der Waals surface area contributed by atoms with Crippen LogP contribution >= 0.6 is 11.6 Å². The van der Waals surface area contributed by atoms with Gasteiger partial charge in [-0.15, -0.1) is 0 Å². The summed E-state index contributed by atoms with van der Waals surface area (Å²) in [5.74, 6) is 0.0431. The fraction of sp³-hybridized carbons (Fsp3) is 0.227. The SMILES string of the molecule is NC(CCCOc1ccc(-n2ccc(OCc3ccc(Cl)cn3)cc2=O)cc1)C(=O)O. The molecule has 0 saturated heterocycles. The Bertz CT molecular complexity index is 1070. The van der Waals surface area contributed by atoms with E-state index in [-0.39, 0.29) is 12.2 Å². The number of halogens is 1. The summed E-state index contributed by atoms with van der Waals surface area (Å²) in [7, 11) is 0. The highest BCUT2D eigenvalue weighted by Gasteiger charge is 2.10. The Morgan fingerprint density at radius 2 is 1.90 bits per heavy atom. The van der Waals surface area contributed by atoms with Crippen molar-refractivity contribution in [1.29, 1.82) is 0 Å². The van der Waals surface area contributed by atoms with Gasteiger partial charge in [0.25, 0.3) is 5.56 Å². The van der Waals surface area contributed by atoms with Crippen LogP contribution in [0.3, 0.4) is 0 Å². The smallest absolute Gasteiger partial charge is 0.320 e. The van der Waals surface area contributed by atoms with E-state index in [9.17, 15) is 9.59 Å². The minimum atomic E-state index is -1.02. The minimum Gasteiger partial charge on any atom is -0.494 e. The Morgan fingerprint density at radius 3 is 2.55 bits per heavy atom. The quantitative estimate of drug-likeness (QED) is 0.462. The van der Waals surface area contributed by atoms with Crippen LogP contribution in [-0.2, 0) is 11.4 Å². The Balaban J connectivity index is 1.55. The van der Waals surface area contributed by atoms with Gasteiger partial charge >= 0.3 is 5.97 Å². The molecule has 9 heteroatoms. The van der Waals surface area contributed by atoms with Gasteiger partial charge in [0.2, 0.25) is 0 Å². The van der Waals surface area contributed by atoms with Gasteiger partial charge in [-0.05, 0) is 55.3 Å². The number of nitrogens with zero attached hydrogens (tertiary/aromatic N) is 2. The fourth-order valence-electron chi connectivity index (χ4n) is 2.73. The third-order valence-corrected chi connectivity index (χ3v) is 4.65. The molecule has 0 spiro atoms. The molecule has 0 aliphatic heterocycles. The van der Waals surface area contributed by atoms with Gasteiger partial charge in [0.05, 0.1) is 17.3 Å². The Hall–Kier alpha value is -3.36. The van der Waals surface area contributed by atoms with Crippen LogP contribution < -0.4 is 20.8 Å². The summed E-state index contributed by atoms with van der Waals surface area (Å²) in [4.78, 5) is 27.3. The van der Waals surface area contributed by atoms with Crippen LogP contribution in [-0.4, -0.2) is 33.3 Å². The molecule has 3 N–H and O–H groups in total. The van der Waals surface area contributed by atoms with E-state index in [1.807, 2.05) is 0 Å². The fourth-order valence-corrected chi connectivity index (χ4v) is 2.84. The van der Waals surface area contributed by atoms with E-state index in [1.165, 1.54) is 16.8 Å². The first-order valence-electron chi connectivity index (χ1n) is 9.60. The lowest BCUT2D eigenvalue weighted by molar-refractivity contribution is -0.138. The molecule has 3 aromatic rings. The molecular weight excluding hydrogens is 422 g/mol. The standard InChI is InChI=1S/C22H22ClN3O5/c23-15-3-4-16(25-13-15)14-31-19-9-10-26(21(27)12-19)17-5-7-18(8-6-17)30-11-1-2-20(24)22(28)29/h3-10,12-13,20H,1-2,11,14,24H2,(H,28,29). The largest absolute Gasteiger partial charge is 0.494 e. The van der Waals surface area contributed by atoms with Crippen molar-refractivity contribution >= 4 is 17.6 Å². The van der Waals surface area contributed by atoms with Crippen LogP contribution in [0.25, 0.3) is 5.69 Å². The predicted octanol–water partition coefficient (Wildman–Crippen LogP) is 3.04. The van der Waals surface area contributed by atoms with Gasteiger partial charge in [0, 0.05) is 24.1 Å². The van der Waals surface area contributed by atoms with Crippen molar-refractivity contribution in [3.8, 4) is 17.2 Å². The molecule has 1 aromatic carbocycles. The lowest BCUT2D eigenvalue weighted by Crippen LogP contribution is -2.30. The zero-order valence-electron chi connectivity index (χ0n) is 16.6. The molecule has 0 saturated carbocycles. The number of nitrogens with two attached hydrogens (primary N) is 1. The number of benzene rings is 1. The first-order valence-corrected chi connectivity index (χ1v) is 9.98. The van der Waals surface area contributed by atoms with Crippen molar-refractivity contribution in [3.05, 3.63) is 82.0 Å². The van der Waals surface area contributed by atoms with Crippen LogP contribution in [0.4, 0.5) is 0 Å². The van der Waals surface area contributed by atoms with Crippen molar-refractivity contribution in [2.24, 2.45) is 5.73 Å². The van der Waals surface area contributed by atoms with Gasteiger partial charge in [0.15, 0.2) is 0 Å². The lowest BCUT2D eigenvalue weighted by Gasteiger charge is -2.11. The topological polar surface area (TPSA) is 117 Å². The third-order valence-electron chi connectivity index (χ3n) is 4.43. The second-order valence-electron chi connectivity index (χ2n) is 6.76. The van der Waals surface area contributed by atoms with Gasteiger partial charge < -0.3 is 20.3 Å². The number of ether oxygens (including phenoxy) is 2. The van der Waals surface area contributed by atoms with Gasteiger partial charge in [-0.2, -0.15) is 0 Å². The van der Waals surface area contributed by atoms with Crippen LogP contribution in [0.15, 0.2) is 65.7 Å².